The summed E-state index contributed by atoms with van der Waals surface area (Å²) in [7, 11) is 0. The summed E-state index contributed by atoms with van der Waals surface area (Å²) < 4.78 is 5.18. The Labute approximate surface area is 110 Å². The van der Waals surface area contributed by atoms with Gasteiger partial charge in [0.25, 0.3) is 0 Å². The lowest BCUT2D eigenvalue weighted by atomic mass is 10.2. The van der Waals surface area contributed by atoms with Crippen LogP contribution in [0.1, 0.15) is 10.6 Å². The van der Waals surface area contributed by atoms with E-state index in [4.69, 9.17) is 10.00 Å². The first-order valence-corrected chi connectivity index (χ1v) is 6.44. The number of hydrogen-bond donors (Lipinski definition) is 1. The van der Waals surface area contributed by atoms with Crippen LogP contribution in [0.2, 0.25) is 0 Å². The van der Waals surface area contributed by atoms with Gasteiger partial charge in [0.2, 0.25) is 0 Å². The number of rotatable bonds is 6. The van der Waals surface area contributed by atoms with Crippen LogP contribution < -0.4 is 10.1 Å². The van der Waals surface area contributed by atoms with Gasteiger partial charge < -0.3 is 10.1 Å². The van der Waals surface area contributed by atoms with Crippen molar-refractivity contribution in [1.82, 2.24) is 10.3 Å². The van der Waals surface area contributed by atoms with Gasteiger partial charge in [-0.3, -0.25) is 0 Å². The fourth-order valence-electron chi connectivity index (χ4n) is 1.47. The Balaban J connectivity index is 1.78. The zero-order valence-electron chi connectivity index (χ0n) is 9.80. The predicted octanol–water partition coefficient (Wildman–Crippen LogP) is 2.34. The van der Waals surface area contributed by atoms with E-state index < -0.39 is 0 Å². The van der Waals surface area contributed by atoms with Gasteiger partial charge in [-0.05, 0) is 17.7 Å². The molecule has 0 amide bonds. The molecule has 1 aromatic carbocycles. The maximum atomic E-state index is 8.40. The maximum absolute atomic E-state index is 8.40. The number of ether oxygens (including phenoxy) is 1. The molecule has 0 aliphatic heterocycles. The minimum atomic E-state index is 0.0850. The van der Waals surface area contributed by atoms with E-state index >= 15 is 0 Å². The maximum Gasteiger partial charge on any atom is 0.174 e. The van der Waals surface area contributed by atoms with Gasteiger partial charge in [-0.1, -0.05) is 12.1 Å². The smallest absolute Gasteiger partial charge is 0.174 e. The quantitative estimate of drug-likeness (QED) is 0.865. The van der Waals surface area contributed by atoms with Crippen molar-refractivity contribution in [3.05, 3.63) is 46.4 Å². The summed E-state index contributed by atoms with van der Waals surface area (Å²) in [6.45, 7) is 1.66. The average molecular weight is 259 g/mol. The first kappa shape index (κ1) is 12.6. The summed E-state index contributed by atoms with van der Waals surface area (Å²) >= 11 is 1.65. The van der Waals surface area contributed by atoms with Crippen molar-refractivity contribution in [2.45, 2.75) is 13.1 Å². The van der Waals surface area contributed by atoms with Crippen molar-refractivity contribution in [3.63, 3.8) is 0 Å². The van der Waals surface area contributed by atoms with Crippen LogP contribution in [-0.2, 0) is 13.1 Å². The van der Waals surface area contributed by atoms with Crippen LogP contribution in [0, 0.1) is 11.3 Å². The molecule has 92 valence electrons. The lowest BCUT2D eigenvalue weighted by Crippen LogP contribution is -2.12. The highest BCUT2D eigenvalue weighted by Crippen LogP contribution is 2.12. The summed E-state index contributed by atoms with van der Waals surface area (Å²) in [6, 6.07) is 9.66. The summed E-state index contributed by atoms with van der Waals surface area (Å²) in [5.74, 6) is 0.722. The average Bonchev–Trinajstić information content (AvgIpc) is 2.91. The third kappa shape index (κ3) is 3.84. The largest absolute Gasteiger partial charge is 0.479 e. The number of nitrogens with zero attached hydrogens (tertiary/aromatic N) is 2. The molecular weight excluding hydrogens is 246 g/mol. The fraction of sp³-hybridized carbons (Fsp3) is 0.231. The minimum Gasteiger partial charge on any atom is -0.479 e. The van der Waals surface area contributed by atoms with Crippen molar-refractivity contribution < 1.29 is 4.74 Å². The molecule has 0 atom stereocenters. The van der Waals surface area contributed by atoms with Gasteiger partial charge in [0, 0.05) is 24.7 Å². The van der Waals surface area contributed by atoms with Crippen LogP contribution in [0.5, 0.6) is 5.75 Å². The lowest BCUT2D eigenvalue weighted by Gasteiger charge is -2.05. The van der Waals surface area contributed by atoms with Gasteiger partial charge in [0.1, 0.15) is 16.8 Å². The third-order valence-electron chi connectivity index (χ3n) is 2.32. The molecule has 2 aromatic rings. The number of nitriles is 1. The molecule has 0 bridgehead atoms. The number of benzene rings is 1. The molecule has 2 rings (SSSR count). The monoisotopic (exact) mass is 259 g/mol. The van der Waals surface area contributed by atoms with E-state index in [2.05, 4.69) is 10.3 Å². The van der Waals surface area contributed by atoms with E-state index in [9.17, 15) is 0 Å². The van der Waals surface area contributed by atoms with E-state index in [1.165, 1.54) is 5.56 Å². The van der Waals surface area contributed by atoms with Crippen LogP contribution in [0.3, 0.4) is 0 Å². The molecule has 0 aliphatic carbocycles. The molecule has 0 radical (unpaired) electrons. The van der Waals surface area contributed by atoms with E-state index in [1.807, 2.05) is 41.9 Å². The number of aromatic nitrogens is 1. The van der Waals surface area contributed by atoms with Crippen LogP contribution in [0.25, 0.3) is 0 Å². The van der Waals surface area contributed by atoms with E-state index in [-0.39, 0.29) is 6.61 Å². The normalized spacial score (nSPS) is 9.94. The summed E-state index contributed by atoms with van der Waals surface area (Å²) in [5, 5.41) is 14.8. The van der Waals surface area contributed by atoms with E-state index in [1.54, 1.807) is 11.3 Å². The molecule has 1 N–H and O–H groups in total. The second-order valence-corrected chi connectivity index (χ2v) is 4.60. The van der Waals surface area contributed by atoms with Crippen molar-refractivity contribution in [2.75, 3.05) is 6.61 Å². The zero-order valence-corrected chi connectivity index (χ0v) is 10.6. The van der Waals surface area contributed by atoms with Gasteiger partial charge in [-0.2, -0.15) is 5.26 Å². The van der Waals surface area contributed by atoms with Crippen LogP contribution >= 0.6 is 11.3 Å². The first-order valence-electron chi connectivity index (χ1n) is 5.56. The second-order valence-electron chi connectivity index (χ2n) is 3.62. The Hall–Kier alpha value is -1.90. The van der Waals surface area contributed by atoms with Crippen molar-refractivity contribution in [1.29, 1.82) is 5.26 Å². The molecule has 0 spiro atoms. The number of nitrogens with one attached hydrogen (secondary N) is 1. The third-order valence-corrected chi connectivity index (χ3v) is 3.10. The Bertz CT molecular complexity index is 502. The topological polar surface area (TPSA) is 57.9 Å². The molecule has 0 fully saturated rings. The van der Waals surface area contributed by atoms with Gasteiger partial charge in [0.05, 0.1) is 0 Å². The van der Waals surface area contributed by atoms with Crippen LogP contribution in [0.15, 0.2) is 35.8 Å². The Kier molecular flexibility index (Phi) is 4.70. The highest BCUT2D eigenvalue weighted by Gasteiger charge is 1.97. The fourth-order valence-corrected chi connectivity index (χ4v) is 2.06. The molecule has 0 unspecified atom stereocenters. The molecule has 1 heterocycles. The molecular formula is C13H13N3OS. The highest BCUT2D eigenvalue weighted by molar-refractivity contribution is 7.09. The number of hydrogen-bond acceptors (Lipinski definition) is 5. The molecule has 5 heteroatoms. The van der Waals surface area contributed by atoms with Crippen LogP contribution in [0.4, 0.5) is 0 Å². The SMILES string of the molecule is N#CCOc1ccc(CNCc2nccs2)cc1. The molecule has 0 aliphatic rings. The van der Waals surface area contributed by atoms with Crippen LogP contribution in [-0.4, -0.2) is 11.6 Å². The molecule has 1 aromatic heterocycles. The van der Waals surface area contributed by atoms with Gasteiger partial charge in [-0.25, -0.2) is 4.98 Å². The van der Waals surface area contributed by atoms with E-state index in [0.717, 1.165) is 23.8 Å². The summed E-state index contributed by atoms with van der Waals surface area (Å²) in [5.41, 5.74) is 1.18. The Morgan fingerprint density at radius 3 is 2.78 bits per heavy atom. The van der Waals surface area contributed by atoms with Gasteiger partial charge >= 0.3 is 0 Å². The lowest BCUT2D eigenvalue weighted by molar-refractivity contribution is 0.368. The van der Waals surface area contributed by atoms with Crippen molar-refractivity contribution in [3.8, 4) is 11.8 Å². The highest BCUT2D eigenvalue weighted by atomic mass is 32.1. The zero-order chi connectivity index (χ0) is 12.6. The van der Waals surface area contributed by atoms with E-state index in [0.29, 0.717) is 0 Å². The van der Waals surface area contributed by atoms with Crippen molar-refractivity contribution >= 4 is 11.3 Å². The van der Waals surface area contributed by atoms with Gasteiger partial charge in [-0.15, -0.1) is 11.3 Å². The van der Waals surface area contributed by atoms with Gasteiger partial charge in [0.15, 0.2) is 6.61 Å². The molecule has 0 saturated carbocycles. The summed E-state index contributed by atoms with van der Waals surface area (Å²) in [4.78, 5) is 4.20. The molecule has 4 nitrogen and oxygen atoms in total. The molecule has 18 heavy (non-hydrogen) atoms. The minimum absolute atomic E-state index is 0.0850. The standard InChI is InChI=1S/C13H13N3OS/c14-5-7-17-12-3-1-11(2-4-12)9-15-10-13-16-6-8-18-13/h1-4,6,8,15H,7,9-10H2. The number of thiazole rings is 1. The Morgan fingerprint density at radius 2 is 2.11 bits per heavy atom. The first-order chi connectivity index (χ1) is 8.88. The summed E-state index contributed by atoms with van der Waals surface area (Å²) in [6.07, 6.45) is 1.81. The Morgan fingerprint density at radius 1 is 1.28 bits per heavy atom. The predicted molar refractivity (Wildman–Crippen MR) is 70.2 cm³/mol. The second kappa shape index (κ2) is 6.74. The van der Waals surface area contributed by atoms with Crippen molar-refractivity contribution in [2.24, 2.45) is 0 Å². The molecule has 0 saturated heterocycles.